The number of benzene rings is 2. The first-order valence-corrected chi connectivity index (χ1v) is 10.1. The van der Waals surface area contributed by atoms with Gasteiger partial charge in [-0.1, -0.05) is 53.4 Å². The van der Waals surface area contributed by atoms with Gasteiger partial charge in [0.1, 0.15) is 0 Å². The molecule has 0 saturated carbocycles. The lowest BCUT2D eigenvalue weighted by atomic mass is 10.1. The number of thiazole rings is 1. The number of aromatic nitrogens is 1. The van der Waals surface area contributed by atoms with Crippen LogP contribution >= 0.6 is 23.1 Å². The van der Waals surface area contributed by atoms with E-state index in [0.717, 1.165) is 27.5 Å². The van der Waals surface area contributed by atoms with Crippen molar-refractivity contribution in [1.29, 1.82) is 0 Å². The Bertz CT molecular complexity index is 912. The van der Waals surface area contributed by atoms with Crippen molar-refractivity contribution in [3.63, 3.8) is 0 Å². The number of rotatable bonds is 5. The molecule has 0 bridgehead atoms. The van der Waals surface area contributed by atoms with Crippen LogP contribution in [0.2, 0.25) is 0 Å². The van der Waals surface area contributed by atoms with E-state index in [9.17, 15) is 9.59 Å². The first-order chi connectivity index (χ1) is 12.4. The molecule has 3 aromatic rings. The molecular formula is C20H20N2O2S2. The summed E-state index contributed by atoms with van der Waals surface area (Å²) in [5.41, 5.74) is 4.32. The molecule has 0 aliphatic heterocycles. The molecule has 26 heavy (non-hydrogen) atoms. The quantitative estimate of drug-likeness (QED) is 0.638. The fraction of sp³-hybridized carbons (Fsp3) is 0.250. The summed E-state index contributed by atoms with van der Waals surface area (Å²) in [5.74, 6) is 0.0115. The third-order valence-corrected chi connectivity index (χ3v) is 5.95. The van der Waals surface area contributed by atoms with Gasteiger partial charge in [0.25, 0.3) is 0 Å². The topological polar surface area (TPSA) is 50.3 Å². The maximum Gasteiger partial charge on any atom is 0.239 e. The number of amides is 1. The molecule has 0 N–H and O–H groups in total. The molecule has 0 aliphatic carbocycles. The average molecular weight is 385 g/mol. The molecule has 0 fully saturated rings. The van der Waals surface area contributed by atoms with Crippen molar-refractivity contribution in [3.05, 3.63) is 59.2 Å². The molecule has 0 saturated heterocycles. The highest BCUT2D eigenvalue weighted by atomic mass is 32.2. The molecule has 0 radical (unpaired) electrons. The van der Waals surface area contributed by atoms with Crippen LogP contribution in [0, 0.1) is 13.8 Å². The van der Waals surface area contributed by atoms with Crippen molar-refractivity contribution in [1.82, 2.24) is 4.98 Å². The zero-order valence-electron chi connectivity index (χ0n) is 15.0. The van der Waals surface area contributed by atoms with Crippen LogP contribution in [0.3, 0.4) is 0 Å². The van der Waals surface area contributed by atoms with E-state index in [1.54, 1.807) is 4.90 Å². The highest BCUT2D eigenvalue weighted by Crippen LogP contribution is 2.32. The summed E-state index contributed by atoms with van der Waals surface area (Å²) in [6, 6.07) is 14.0. The van der Waals surface area contributed by atoms with E-state index in [1.165, 1.54) is 29.4 Å². The number of carbonyl (C=O) groups is 2. The van der Waals surface area contributed by atoms with Crippen molar-refractivity contribution in [2.24, 2.45) is 0 Å². The summed E-state index contributed by atoms with van der Waals surface area (Å²) in [7, 11) is 0. The molecule has 4 nitrogen and oxygen atoms in total. The molecule has 0 unspecified atom stereocenters. The van der Waals surface area contributed by atoms with Gasteiger partial charge in [-0.15, -0.1) is 0 Å². The van der Waals surface area contributed by atoms with E-state index < -0.39 is 0 Å². The van der Waals surface area contributed by atoms with Crippen molar-refractivity contribution in [2.45, 2.75) is 27.3 Å². The second kappa shape index (κ2) is 8.01. The van der Waals surface area contributed by atoms with E-state index in [0.29, 0.717) is 11.7 Å². The van der Waals surface area contributed by atoms with E-state index in [2.05, 4.69) is 31.0 Å². The summed E-state index contributed by atoms with van der Waals surface area (Å²) in [6.07, 6.45) is 0. The fourth-order valence-electron chi connectivity index (χ4n) is 2.55. The zero-order chi connectivity index (χ0) is 18.7. The van der Waals surface area contributed by atoms with Crippen LogP contribution in [0.5, 0.6) is 0 Å². The van der Waals surface area contributed by atoms with Gasteiger partial charge in [-0.25, -0.2) is 4.98 Å². The number of nitrogens with zero attached hydrogens (tertiary/aromatic N) is 2. The van der Waals surface area contributed by atoms with Gasteiger partial charge in [0.2, 0.25) is 5.91 Å². The summed E-state index contributed by atoms with van der Waals surface area (Å²) < 4.78 is 1.06. The maximum absolute atomic E-state index is 12.8. The second-order valence-corrected chi connectivity index (χ2v) is 8.31. The highest BCUT2D eigenvalue weighted by molar-refractivity contribution is 8.14. The lowest BCUT2D eigenvalue weighted by molar-refractivity contribution is -0.116. The summed E-state index contributed by atoms with van der Waals surface area (Å²) in [5, 5.41) is 0.608. The number of anilines is 1. The van der Waals surface area contributed by atoms with Crippen molar-refractivity contribution < 1.29 is 9.59 Å². The SMILES string of the molecule is CC(=O)SCC(=O)N(Cc1ccccc1)c1nc2cc(C)c(C)cc2s1. The highest BCUT2D eigenvalue weighted by Gasteiger charge is 2.21. The van der Waals surface area contributed by atoms with Crippen LogP contribution in [-0.4, -0.2) is 21.8 Å². The Morgan fingerprint density at radius 3 is 2.50 bits per heavy atom. The molecule has 3 rings (SSSR count). The summed E-state index contributed by atoms with van der Waals surface area (Å²) in [6.45, 7) is 6.05. The van der Waals surface area contributed by atoms with Gasteiger partial charge in [0.15, 0.2) is 10.2 Å². The largest absolute Gasteiger partial charge is 0.288 e. The van der Waals surface area contributed by atoms with Crippen molar-refractivity contribution in [2.75, 3.05) is 10.7 Å². The van der Waals surface area contributed by atoms with Crippen LogP contribution in [0.4, 0.5) is 5.13 Å². The lowest BCUT2D eigenvalue weighted by Crippen LogP contribution is -2.32. The number of hydrogen-bond donors (Lipinski definition) is 0. The van der Waals surface area contributed by atoms with E-state index >= 15 is 0 Å². The zero-order valence-corrected chi connectivity index (χ0v) is 16.6. The van der Waals surface area contributed by atoms with Crippen molar-refractivity contribution >= 4 is 49.5 Å². The average Bonchev–Trinajstić information content (AvgIpc) is 3.01. The number of fused-ring (bicyclic) bond motifs is 1. The number of carbonyl (C=O) groups excluding carboxylic acids is 2. The molecule has 1 amide bonds. The first-order valence-electron chi connectivity index (χ1n) is 8.29. The van der Waals surface area contributed by atoms with E-state index in [1.807, 2.05) is 30.3 Å². The standard InChI is InChI=1S/C20H20N2O2S2/c1-13-9-17-18(10-14(13)2)26-20(21-17)22(19(24)12-25-15(3)23)11-16-7-5-4-6-8-16/h4-10H,11-12H2,1-3H3. The van der Waals surface area contributed by atoms with Gasteiger partial charge in [0.05, 0.1) is 22.5 Å². The monoisotopic (exact) mass is 384 g/mol. The van der Waals surface area contributed by atoms with Crippen molar-refractivity contribution in [3.8, 4) is 0 Å². The lowest BCUT2D eigenvalue weighted by Gasteiger charge is -2.19. The third kappa shape index (κ3) is 4.31. The summed E-state index contributed by atoms with van der Waals surface area (Å²) in [4.78, 5) is 30.4. The van der Waals surface area contributed by atoms with Crippen LogP contribution in [-0.2, 0) is 16.1 Å². The van der Waals surface area contributed by atoms with E-state index in [4.69, 9.17) is 0 Å². The Morgan fingerprint density at radius 1 is 1.12 bits per heavy atom. The van der Waals surface area contributed by atoms with E-state index in [-0.39, 0.29) is 16.8 Å². The Labute approximate surface area is 161 Å². The van der Waals surface area contributed by atoms with Gasteiger partial charge in [-0.05, 0) is 42.7 Å². The van der Waals surface area contributed by atoms with Gasteiger partial charge in [-0.2, -0.15) is 0 Å². The van der Waals surface area contributed by atoms with Crippen LogP contribution < -0.4 is 4.90 Å². The number of hydrogen-bond acceptors (Lipinski definition) is 5. The van der Waals surface area contributed by atoms with Crippen LogP contribution in [0.1, 0.15) is 23.6 Å². The van der Waals surface area contributed by atoms with Crippen LogP contribution in [0.15, 0.2) is 42.5 Å². The molecular weight excluding hydrogens is 364 g/mol. The summed E-state index contributed by atoms with van der Waals surface area (Å²) >= 11 is 2.54. The maximum atomic E-state index is 12.8. The van der Waals surface area contributed by atoms with Gasteiger partial charge in [-0.3, -0.25) is 14.5 Å². The molecule has 0 atom stereocenters. The van der Waals surface area contributed by atoms with Gasteiger partial charge in [0, 0.05) is 6.92 Å². The molecule has 1 heterocycles. The molecule has 134 valence electrons. The predicted octanol–water partition coefficient (Wildman–Crippen LogP) is 4.73. The number of aryl methyl sites for hydroxylation is 2. The Kier molecular flexibility index (Phi) is 5.74. The molecule has 2 aromatic carbocycles. The molecule has 0 spiro atoms. The molecule has 0 aliphatic rings. The Hall–Kier alpha value is -2.18. The number of thioether (sulfide) groups is 1. The van der Waals surface area contributed by atoms with Gasteiger partial charge < -0.3 is 0 Å². The van der Waals surface area contributed by atoms with Crippen LogP contribution in [0.25, 0.3) is 10.2 Å². The molecule has 1 aromatic heterocycles. The minimum Gasteiger partial charge on any atom is -0.288 e. The Balaban J connectivity index is 1.96. The minimum atomic E-state index is -0.110. The smallest absolute Gasteiger partial charge is 0.239 e. The Morgan fingerprint density at radius 2 is 1.81 bits per heavy atom. The molecule has 6 heteroatoms. The normalized spacial score (nSPS) is 10.9. The van der Waals surface area contributed by atoms with Gasteiger partial charge >= 0.3 is 0 Å². The predicted molar refractivity (Wildman–Crippen MR) is 110 cm³/mol. The first kappa shape index (κ1) is 18.6. The second-order valence-electron chi connectivity index (χ2n) is 6.15. The third-order valence-electron chi connectivity index (χ3n) is 4.11. The minimum absolute atomic E-state index is 0.0615. The fourth-order valence-corrected chi connectivity index (χ4v) is 4.10.